The second-order valence-corrected chi connectivity index (χ2v) is 7.11. The molecule has 142 valence electrons. The van der Waals surface area contributed by atoms with Crippen molar-refractivity contribution in [3.63, 3.8) is 0 Å². The molecule has 6 rings (SSSR count). The first-order valence-electron chi connectivity index (χ1n) is 9.64. The van der Waals surface area contributed by atoms with Crippen molar-refractivity contribution >= 4 is 21.8 Å². The zero-order chi connectivity index (χ0) is 19.9. The monoisotopic (exact) mass is 388 g/mol. The average Bonchev–Trinajstić information content (AvgIpc) is 3.43. The molecule has 0 unspecified atom stereocenters. The van der Waals surface area contributed by atoms with Crippen LogP contribution < -0.4 is 0 Å². The van der Waals surface area contributed by atoms with Crippen molar-refractivity contribution in [1.82, 2.24) is 30.1 Å². The molecule has 0 radical (unpaired) electrons. The minimum absolute atomic E-state index is 0.871. The van der Waals surface area contributed by atoms with E-state index in [9.17, 15) is 0 Å². The Bertz CT molecular complexity index is 1480. The lowest BCUT2D eigenvalue weighted by molar-refractivity contribution is 1.11. The fraction of sp³-hybridized carbons (Fsp3) is 0. The van der Waals surface area contributed by atoms with E-state index in [1.54, 1.807) is 18.6 Å². The van der Waals surface area contributed by atoms with Crippen LogP contribution in [0.25, 0.3) is 55.6 Å². The van der Waals surface area contributed by atoms with Gasteiger partial charge >= 0.3 is 0 Å². The Hall–Kier alpha value is -4.32. The molecule has 0 atom stereocenters. The van der Waals surface area contributed by atoms with Gasteiger partial charge in [0.2, 0.25) is 0 Å². The number of H-pyrrole nitrogens is 2. The van der Waals surface area contributed by atoms with Crippen LogP contribution in [-0.4, -0.2) is 30.1 Å². The Kier molecular flexibility index (Phi) is 3.67. The van der Waals surface area contributed by atoms with Crippen molar-refractivity contribution in [2.75, 3.05) is 0 Å². The van der Waals surface area contributed by atoms with Crippen LogP contribution >= 0.6 is 0 Å². The van der Waals surface area contributed by atoms with Crippen molar-refractivity contribution in [3.8, 4) is 33.8 Å². The second-order valence-electron chi connectivity index (χ2n) is 7.11. The molecule has 5 aromatic heterocycles. The summed E-state index contributed by atoms with van der Waals surface area (Å²) in [6.07, 6.45) is 9.05. The Morgan fingerprint density at radius 3 is 2.50 bits per heavy atom. The van der Waals surface area contributed by atoms with E-state index in [4.69, 9.17) is 0 Å². The summed E-state index contributed by atoms with van der Waals surface area (Å²) in [5.41, 5.74) is 7.93. The highest BCUT2D eigenvalue weighted by atomic mass is 15.1. The van der Waals surface area contributed by atoms with Crippen LogP contribution in [0.5, 0.6) is 0 Å². The van der Waals surface area contributed by atoms with E-state index >= 15 is 0 Å². The van der Waals surface area contributed by atoms with Gasteiger partial charge in [-0.1, -0.05) is 18.2 Å². The van der Waals surface area contributed by atoms with Crippen LogP contribution in [-0.2, 0) is 0 Å². The third-order valence-corrected chi connectivity index (χ3v) is 5.32. The highest BCUT2D eigenvalue weighted by molar-refractivity contribution is 6.01. The Labute approximate surface area is 171 Å². The average molecular weight is 388 g/mol. The second kappa shape index (κ2) is 6.63. The molecule has 5 heterocycles. The van der Waals surface area contributed by atoms with Crippen molar-refractivity contribution in [2.45, 2.75) is 0 Å². The summed E-state index contributed by atoms with van der Waals surface area (Å²) in [4.78, 5) is 16.4. The summed E-state index contributed by atoms with van der Waals surface area (Å²) in [5.74, 6) is 0. The SMILES string of the molecule is c1cncc(-c2cccc3[nH]c(-c4n[nH]c5cnc(-c6ccncc6)cc45)cc23)c1. The van der Waals surface area contributed by atoms with Crippen LogP contribution in [0.4, 0.5) is 0 Å². The highest BCUT2D eigenvalue weighted by Gasteiger charge is 2.14. The van der Waals surface area contributed by atoms with Gasteiger partial charge in [-0.15, -0.1) is 0 Å². The molecule has 30 heavy (non-hydrogen) atoms. The molecule has 1 aromatic carbocycles. The van der Waals surface area contributed by atoms with Gasteiger partial charge in [0.15, 0.2) is 0 Å². The lowest BCUT2D eigenvalue weighted by Gasteiger charge is -2.02. The van der Waals surface area contributed by atoms with Crippen LogP contribution in [0, 0.1) is 0 Å². The molecule has 0 bridgehead atoms. The smallest absolute Gasteiger partial charge is 0.116 e. The van der Waals surface area contributed by atoms with Gasteiger partial charge < -0.3 is 4.98 Å². The predicted octanol–water partition coefficient (Wildman–Crippen LogP) is 5.23. The Morgan fingerprint density at radius 2 is 1.63 bits per heavy atom. The number of hydrogen-bond donors (Lipinski definition) is 2. The fourth-order valence-corrected chi connectivity index (χ4v) is 3.86. The summed E-state index contributed by atoms with van der Waals surface area (Å²) in [6, 6.07) is 18.4. The Morgan fingerprint density at radius 1 is 0.700 bits per heavy atom. The maximum atomic E-state index is 4.58. The number of hydrogen-bond acceptors (Lipinski definition) is 4. The lowest BCUT2D eigenvalue weighted by atomic mass is 10.0. The molecule has 0 saturated carbocycles. The first-order valence-corrected chi connectivity index (χ1v) is 9.64. The van der Waals surface area contributed by atoms with Crippen LogP contribution in [0.3, 0.4) is 0 Å². The van der Waals surface area contributed by atoms with Crippen molar-refractivity contribution in [1.29, 1.82) is 0 Å². The molecular weight excluding hydrogens is 372 g/mol. The molecule has 6 nitrogen and oxygen atoms in total. The van der Waals surface area contributed by atoms with Crippen molar-refractivity contribution < 1.29 is 0 Å². The normalized spacial score (nSPS) is 11.3. The van der Waals surface area contributed by atoms with Crippen molar-refractivity contribution in [2.24, 2.45) is 0 Å². The predicted molar refractivity (Wildman–Crippen MR) is 118 cm³/mol. The summed E-state index contributed by atoms with van der Waals surface area (Å²) in [7, 11) is 0. The van der Waals surface area contributed by atoms with E-state index in [0.717, 1.165) is 55.6 Å². The number of pyridine rings is 3. The Balaban J connectivity index is 1.52. The van der Waals surface area contributed by atoms with Gasteiger partial charge in [-0.2, -0.15) is 5.10 Å². The van der Waals surface area contributed by atoms with E-state index in [1.807, 2.05) is 30.6 Å². The fourth-order valence-electron chi connectivity index (χ4n) is 3.86. The number of nitrogens with one attached hydrogen (secondary N) is 2. The molecule has 0 aliphatic heterocycles. The van der Waals surface area contributed by atoms with Crippen LogP contribution in [0.2, 0.25) is 0 Å². The molecule has 0 spiro atoms. The van der Waals surface area contributed by atoms with E-state index in [-0.39, 0.29) is 0 Å². The number of aromatic nitrogens is 6. The lowest BCUT2D eigenvalue weighted by Crippen LogP contribution is -1.84. The zero-order valence-electron chi connectivity index (χ0n) is 15.9. The number of benzene rings is 1. The van der Waals surface area contributed by atoms with E-state index in [2.05, 4.69) is 66.5 Å². The molecule has 6 heteroatoms. The van der Waals surface area contributed by atoms with Gasteiger partial charge in [0.25, 0.3) is 0 Å². The van der Waals surface area contributed by atoms with Gasteiger partial charge in [-0.05, 0) is 42.0 Å². The molecule has 6 aromatic rings. The highest BCUT2D eigenvalue weighted by Crippen LogP contribution is 2.34. The van der Waals surface area contributed by atoms with Crippen LogP contribution in [0.1, 0.15) is 0 Å². The van der Waals surface area contributed by atoms with Gasteiger partial charge in [0.1, 0.15) is 5.69 Å². The third kappa shape index (κ3) is 2.66. The molecule has 0 aliphatic rings. The number of rotatable bonds is 3. The molecule has 2 N–H and O–H groups in total. The molecule has 0 amide bonds. The molecule has 0 saturated heterocycles. The minimum Gasteiger partial charge on any atom is -0.353 e. The first kappa shape index (κ1) is 16.6. The largest absolute Gasteiger partial charge is 0.353 e. The van der Waals surface area contributed by atoms with Crippen molar-refractivity contribution in [3.05, 3.63) is 85.6 Å². The topological polar surface area (TPSA) is 83.1 Å². The van der Waals surface area contributed by atoms with Gasteiger partial charge in [0, 0.05) is 52.2 Å². The minimum atomic E-state index is 0.871. The molecule has 0 fully saturated rings. The molecule has 0 aliphatic carbocycles. The van der Waals surface area contributed by atoms with Gasteiger partial charge in [-0.3, -0.25) is 20.1 Å². The van der Waals surface area contributed by atoms with E-state index in [1.165, 1.54) is 0 Å². The van der Waals surface area contributed by atoms with Gasteiger partial charge in [-0.25, -0.2) is 0 Å². The number of aromatic amines is 2. The quantitative estimate of drug-likeness (QED) is 0.435. The molecular formula is C24H16N6. The first-order chi connectivity index (χ1) is 14.9. The number of fused-ring (bicyclic) bond motifs is 2. The maximum absolute atomic E-state index is 4.58. The summed E-state index contributed by atoms with van der Waals surface area (Å²) >= 11 is 0. The van der Waals surface area contributed by atoms with Crippen LogP contribution in [0.15, 0.2) is 85.6 Å². The summed E-state index contributed by atoms with van der Waals surface area (Å²) in [6.45, 7) is 0. The maximum Gasteiger partial charge on any atom is 0.116 e. The number of nitrogens with zero attached hydrogens (tertiary/aromatic N) is 4. The summed E-state index contributed by atoms with van der Waals surface area (Å²) < 4.78 is 0. The van der Waals surface area contributed by atoms with E-state index < -0.39 is 0 Å². The zero-order valence-corrected chi connectivity index (χ0v) is 15.9. The van der Waals surface area contributed by atoms with E-state index in [0.29, 0.717) is 0 Å². The van der Waals surface area contributed by atoms with Gasteiger partial charge in [0.05, 0.1) is 23.1 Å². The standard InChI is InChI=1S/C24H16N6/c1-4-17(16-3-2-8-26-13-16)18-11-22(28-20(18)5-1)24-19-12-21(15-6-9-25-10-7-15)27-14-23(19)29-30-24/h1-14,28H,(H,29,30). The third-order valence-electron chi connectivity index (χ3n) is 5.32. The summed E-state index contributed by atoms with van der Waals surface area (Å²) in [5, 5.41) is 9.84.